The number of fused-ring (bicyclic) bond motifs is 2. The number of carbonyl (C=O) groups is 3. The number of hydrogen-bond acceptors (Lipinski definition) is 11. The van der Waals surface area contributed by atoms with Crippen LogP contribution in [0.3, 0.4) is 0 Å². The van der Waals surface area contributed by atoms with Gasteiger partial charge in [0.15, 0.2) is 0 Å². The monoisotopic (exact) mass is 1370 g/mol. The van der Waals surface area contributed by atoms with Gasteiger partial charge in [0.25, 0.3) is 0 Å². The molecule has 0 radical (unpaired) electrons. The van der Waals surface area contributed by atoms with Gasteiger partial charge in [0.1, 0.15) is 32.1 Å². The number of carbonyl (C=O) groups excluding carboxylic acids is 3. The highest BCUT2D eigenvalue weighted by molar-refractivity contribution is 7.53. The van der Waals surface area contributed by atoms with Gasteiger partial charge in [-0.05, 0) is 156 Å². The molecule has 10 rings (SSSR count). The first-order valence-electron chi connectivity index (χ1n) is 28.8. The second kappa shape index (κ2) is 30.8. The number of amides is 2. The first-order chi connectivity index (χ1) is 43.2. The molecule has 0 spiro atoms. The van der Waals surface area contributed by atoms with Crippen LogP contribution in [0.2, 0.25) is 0 Å². The normalized spacial score (nSPS) is 13.3. The smallest absolute Gasteiger partial charge is 0.426 e. The van der Waals surface area contributed by atoms with Gasteiger partial charge in [-0.25, -0.2) is 9.59 Å². The topological polar surface area (TPSA) is 112 Å². The van der Waals surface area contributed by atoms with E-state index in [-0.39, 0.29) is 54.1 Å². The number of hydrogen-bond donors (Lipinski definition) is 0. The predicted molar refractivity (Wildman–Crippen MR) is 350 cm³/mol. The van der Waals surface area contributed by atoms with Crippen LogP contribution in [-0.4, -0.2) is 56.0 Å². The van der Waals surface area contributed by atoms with Crippen molar-refractivity contribution in [3.8, 4) is 33.4 Å². The van der Waals surface area contributed by atoms with Gasteiger partial charge in [-0.15, -0.1) is 45.6 Å². The van der Waals surface area contributed by atoms with Crippen LogP contribution in [0.5, 0.6) is 0 Å². The molecule has 8 aromatic rings. The fraction of sp³-hybridized carbons (Fsp3) is 0.309. The first-order valence-corrected chi connectivity index (χ1v) is 33.6. The maximum Gasteiger partial charge on any atom is 0.426 e. The summed E-state index contributed by atoms with van der Waals surface area (Å²) in [6, 6.07) is 41.0. The highest BCUT2D eigenvalue weighted by atomic mass is 35.5. The van der Waals surface area contributed by atoms with E-state index in [4.69, 9.17) is 30.1 Å². The number of nitrogens with zero attached hydrogens (tertiary/aromatic N) is 2. The zero-order valence-electron chi connectivity index (χ0n) is 51.4. The molecule has 5 heterocycles. The number of halogens is 10. The van der Waals surface area contributed by atoms with E-state index < -0.39 is 52.0 Å². The molecule has 0 bridgehead atoms. The van der Waals surface area contributed by atoms with Crippen LogP contribution < -0.4 is 9.80 Å². The average Bonchev–Trinajstić information content (AvgIpc) is 1.70. The van der Waals surface area contributed by atoms with Gasteiger partial charge in [0, 0.05) is 50.0 Å². The first kappa shape index (κ1) is 72.4. The van der Waals surface area contributed by atoms with E-state index >= 15 is 0 Å². The second-order valence-corrected chi connectivity index (χ2v) is 28.3. The SMILES string of the molecule is CC(C)(C)OC(=O)N1CCc2cc(/C=C/c3cc(-c4ccccc4)c(C(F)(F)F)s3)ccc21.CC(C)(C)OC(=O)N1CCc2cc(C=O)ccc21.CCOP(=O)(Cc1cc(-c2ccccc2)c(C(F)(F)F)s1)OCC.FC(F)(F)c1sc(CCl)cc1-c1ccccc1. The van der Waals surface area contributed by atoms with Crippen molar-refractivity contribution in [3.05, 3.63) is 197 Å². The van der Waals surface area contributed by atoms with E-state index in [0.29, 0.717) is 79.1 Å². The molecule has 24 heteroatoms. The van der Waals surface area contributed by atoms with Crippen LogP contribution in [-0.2, 0) is 66.5 Å². The molecule has 2 aliphatic rings. The van der Waals surface area contributed by atoms with Crippen molar-refractivity contribution < 1.29 is 77.0 Å². The molecular formula is C68H67ClF9N2O8PS3. The Morgan fingerprint density at radius 3 is 1.29 bits per heavy atom. The number of thiophene rings is 3. The molecule has 490 valence electrons. The predicted octanol–water partition coefficient (Wildman–Crippen LogP) is 22.1. The average molecular weight is 1370 g/mol. The lowest BCUT2D eigenvalue weighted by Crippen LogP contribution is -2.35. The zero-order chi connectivity index (χ0) is 67.4. The van der Waals surface area contributed by atoms with Gasteiger partial charge in [0.2, 0.25) is 0 Å². The van der Waals surface area contributed by atoms with E-state index in [1.54, 1.807) is 145 Å². The van der Waals surface area contributed by atoms with Crippen molar-refractivity contribution in [1.82, 2.24) is 0 Å². The lowest BCUT2D eigenvalue weighted by Gasteiger charge is -2.24. The molecule has 10 nitrogen and oxygen atoms in total. The Bertz CT molecular complexity index is 3870. The molecule has 2 aliphatic heterocycles. The van der Waals surface area contributed by atoms with Gasteiger partial charge in [0.05, 0.1) is 36.6 Å². The molecule has 2 amide bonds. The van der Waals surface area contributed by atoms with Crippen LogP contribution in [0.1, 0.15) is 112 Å². The largest absolute Gasteiger partial charge is 0.443 e. The van der Waals surface area contributed by atoms with Gasteiger partial charge in [-0.1, -0.05) is 103 Å². The van der Waals surface area contributed by atoms with E-state index in [1.807, 2.05) is 65.8 Å². The molecule has 5 aromatic carbocycles. The van der Waals surface area contributed by atoms with Gasteiger partial charge >= 0.3 is 38.3 Å². The lowest BCUT2D eigenvalue weighted by molar-refractivity contribution is -0.134. The lowest BCUT2D eigenvalue weighted by atomic mass is 10.1. The Labute approximate surface area is 545 Å². The van der Waals surface area contributed by atoms with Crippen LogP contribution in [0.15, 0.2) is 146 Å². The Kier molecular flexibility index (Phi) is 24.2. The van der Waals surface area contributed by atoms with Crippen LogP contribution in [0.25, 0.3) is 45.5 Å². The van der Waals surface area contributed by atoms with Crippen molar-refractivity contribution in [2.75, 3.05) is 36.1 Å². The third kappa shape index (κ3) is 20.0. The number of anilines is 2. The highest BCUT2D eigenvalue weighted by Crippen LogP contribution is 2.54. The molecular weight excluding hydrogens is 1310 g/mol. The number of aldehydes is 1. The minimum Gasteiger partial charge on any atom is -0.443 e. The molecule has 0 N–H and O–H groups in total. The van der Waals surface area contributed by atoms with E-state index in [1.165, 1.54) is 12.1 Å². The Morgan fingerprint density at radius 2 is 0.902 bits per heavy atom. The Balaban J connectivity index is 0.000000181. The highest BCUT2D eigenvalue weighted by Gasteiger charge is 2.40. The molecule has 0 aliphatic carbocycles. The maximum absolute atomic E-state index is 13.6. The summed E-state index contributed by atoms with van der Waals surface area (Å²) in [7, 11) is -3.45. The molecule has 3 aromatic heterocycles. The minimum atomic E-state index is -4.48. The van der Waals surface area contributed by atoms with E-state index in [2.05, 4.69) is 0 Å². The number of benzene rings is 5. The summed E-state index contributed by atoms with van der Waals surface area (Å²) >= 11 is 7.61. The van der Waals surface area contributed by atoms with Gasteiger partial charge < -0.3 is 18.5 Å². The summed E-state index contributed by atoms with van der Waals surface area (Å²) in [5.41, 5.74) is 6.17. The fourth-order valence-corrected chi connectivity index (χ4v) is 14.8. The molecule has 0 saturated heterocycles. The number of rotatable bonds is 13. The minimum absolute atomic E-state index is 0.0858. The van der Waals surface area contributed by atoms with E-state index in [9.17, 15) is 58.5 Å². The standard InChI is InChI=1S/C26H24F3NO2S.C16H18F3O3PS.C14H17NO3.C12H8ClF3S/c1-25(2,3)32-24(31)30-14-13-19-15-17(10-12-22(19)30)9-11-20-16-21(18-7-5-4-6-8-18)23(33-20)26(27,28)29;1-3-21-23(20,22-4-2)11-13-10-14(12-8-6-5-7-9-12)15(24-13)16(17,18)19;1-14(2,3)18-13(17)15-7-6-11-8-10(9-16)4-5-12(11)15;13-7-9-6-10(8-4-2-1-3-5-8)11(17-9)12(14,15)16/h4-12,15-16H,13-14H2,1-3H3;5-10H,3-4,11H2,1-2H3;4-5,8-9H,6-7H2,1-3H3;1-6H,7H2/b11-9+;;;. The van der Waals surface area contributed by atoms with Gasteiger partial charge in [-0.3, -0.25) is 19.2 Å². The summed E-state index contributed by atoms with van der Waals surface area (Å²) < 4.78 is 153. The maximum atomic E-state index is 13.6. The molecule has 0 fully saturated rings. The second-order valence-electron chi connectivity index (χ2n) is 22.6. The van der Waals surface area contributed by atoms with Crippen molar-refractivity contribution >= 4 is 95.2 Å². The molecule has 92 heavy (non-hydrogen) atoms. The third-order valence-corrected chi connectivity index (χ3v) is 19.5. The van der Waals surface area contributed by atoms with Crippen LogP contribution in [0, 0.1) is 0 Å². The summed E-state index contributed by atoms with van der Waals surface area (Å²) in [4.78, 5) is 37.9. The summed E-state index contributed by atoms with van der Waals surface area (Å²) in [5, 5.41) is 0. The van der Waals surface area contributed by atoms with Crippen LogP contribution >= 0.6 is 53.2 Å². The molecule has 0 atom stereocenters. The van der Waals surface area contributed by atoms with Gasteiger partial charge in [-0.2, -0.15) is 39.5 Å². The summed E-state index contributed by atoms with van der Waals surface area (Å²) in [5.74, 6) is 0.0978. The zero-order valence-corrected chi connectivity index (χ0v) is 55.5. The number of ether oxygens (including phenoxy) is 2. The third-order valence-electron chi connectivity index (χ3n) is 13.3. The fourth-order valence-electron chi connectivity index (χ4n) is 9.57. The summed E-state index contributed by atoms with van der Waals surface area (Å²) in [6.07, 6.45) is -8.33. The van der Waals surface area contributed by atoms with E-state index in [0.717, 1.165) is 52.1 Å². The quantitative estimate of drug-likeness (QED) is 0.0486. The summed E-state index contributed by atoms with van der Waals surface area (Å²) in [6.45, 7) is 15.8. The van der Waals surface area contributed by atoms with Crippen LogP contribution in [0.4, 0.5) is 60.5 Å². The Morgan fingerprint density at radius 1 is 0.522 bits per heavy atom. The van der Waals surface area contributed by atoms with Crippen molar-refractivity contribution in [1.29, 1.82) is 0 Å². The van der Waals surface area contributed by atoms with Crippen molar-refractivity contribution in [2.24, 2.45) is 0 Å². The number of alkyl halides is 10. The Hall–Kier alpha value is -7.04. The van der Waals surface area contributed by atoms with Crippen molar-refractivity contribution in [3.63, 3.8) is 0 Å². The molecule has 0 saturated carbocycles. The van der Waals surface area contributed by atoms with Crippen molar-refractivity contribution in [2.45, 2.75) is 110 Å². The molecule has 0 unspecified atom stereocenters.